The van der Waals surface area contributed by atoms with Crippen molar-refractivity contribution in [2.75, 3.05) is 0 Å². The van der Waals surface area contributed by atoms with E-state index < -0.39 is 0 Å². The molecule has 2 aromatic carbocycles. The molecule has 0 aliphatic heterocycles. The molecule has 3 nitrogen and oxygen atoms in total. The van der Waals surface area contributed by atoms with Crippen LogP contribution in [0, 0.1) is 11.3 Å². The van der Waals surface area contributed by atoms with E-state index in [1.807, 2.05) is 36.4 Å². The SMILES string of the molecule is N#Cc1cc(=O)c2c(ccc3ccccc32)o1. The van der Waals surface area contributed by atoms with Crippen LogP contribution < -0.4 is 5.43 Å². The van der Waals surface area contributed by atoms with Crippen LogP contribution in [0.3, 0.4) is 0 Å². The van der Waals surface area contributed by atoms with Gasteiger partial charge in [0.25, 0.3) is 0 Å². The van der Waals surface area contributed by atoms with Crippen molar-refractivity contribution < 1.29 is 4.42 Å². The van der Waals surface area contributed by atoms with Crippen LogP contribution in [-0.4, -0.2) is 0 Å². The molecule has 3 aromatic rings. The highest BCUT2D eigenvalue weighted by Gasteiger charge is 2.07. The number of nitriles is 1. The van der Waals surface area contributed by atoms with Crippen molar-refractivity contribution in [2.45, 2.75) is 0 Å². The molecule has 1 aromatic heterocycles. The van der Waals surface area contributed by atoms with Gasteiger partial charge in [0, 0.05) is 6.07 Å². The Morgan fingerprint density at radius 3 is 2.76 bits per heavy atom. The molecule has 0 unspecified atom stereocenters. The summed E-state index contributed by atoms with van der Waals surface area (Å²) in [5.74, 6) is 0.0396. The fourth-order valence-electron chi connectivity index (χ4n) is 1.99. The predicted octanol–water partition coefficient (Wildman–Crippen LogP) is 2.82. The zero-order chi connectivity index (χ0) is 11.8. The van der Waals surface area contributed by atoms with Crippen LogP contribution >= 0.6 is 0 Å². The molecule has 3 rings (SSSR count). The second kappa shape index (κ2) is 3.46. The zero-order valence-corrected chi connectivity index (χ0v) is 8.81. The fraction of sp³-hybridized carbons (Fsp3) is 0. The normalized spacial score (nSPS) is 10.5. The van der Waals surface area contributed by atoms with Crippen molar-refractivity contribution in [1.29, 1.82) is 5.26 Å². The zero-order valence-electron chi connectivity index (χ0n) is 8.81. The van der Waals surface area contributed by atoms with Gasteiger partial charge >= 0.3 is 0 Å². The van der Waals surface area contributed by atoms with Crippen molar-refractivity contribution in [2.24, 2.45) is 0 Å². The summed E-state index contributed by atoms with van der Waals surface area (Å²) in [6.07, 6.45) is 0. The highest BCUT2D eigenvalue weighted by atomic mass is 16.3. The van der Waals surface area contributed by atoms with Gasteiger partial charge in [0.1, 0.15) is 11.7 Å². The first-order valence-electron chi connectivity index (χ1n) is 5.15. The molecular formula is C14H7NO2. The number of benzene rings is 2. The topological polar surface area (TPSA) is 54.0 Å². The van der Waals surface area contributed by atoms with E-state index in [0.29, 0.717) is 11.0 Å². The highest BCUT2D eigenvalue weighted by molar-refractivity contribution is 6.05. The molecule has 17 heavy (non-hydrogen) atoms. The van der Waals surface area contributed by atoms with E-state index in [9.17, 15) is 4.79 Å². The molecule has 0 bridgehead atoms. The van der Waals surface area contributed by atoms with Gasteiger partial charge in [-0.15, -0.1) is 0 Å². The summed E-state index contributed by atoms with van der Waals surface area (Å²) in [5, 5.41) is 11.1. The number of fused-ring (bicyclic) bond motifs is 3. The molecule has 0 amide bonds. The van der Waals surface area contributed by atoms with Crippen LogP contribution in [0.25, 0.3) is 21.7 Å². The number of rotatable bonds is 0. The Balaban J connectivity index is 2.61. The van der Waals surface area contributed by atoms with Crippen LogP contribution in [-0.2, 0) is 0 Å². The van der Waals surface area contributed by atoms with Crippen LogP contribution in [0.15, 0.2) is 51.7 Å². The third kappa shape index (κ3) is 1.39. The second-order valence-corrected chi connectivity index (χ2v) is 3.75. The van der Waals surface area contributed by atoms with Crippen LogP contribution in [0.2, 0.25) is 0 Å². The summed E-state index contributed by atoms with van der Waals surface area (Å²) in [4.78, 5) is 12.0. The first-order chi connectivity index (χ1) is 8.29. The quantitative estimate of drug-likeness (QED) is 0.548. The van der Waals surface area contributed by atoms with Crippen LogP contribution in [0.1, 0.15) is 5.76 Å². The lowest BCUT2D eigenvalue weighted by Gasteiger charge is -2.02. The monoisotopic (exact) mass is 221 g/mol. The lowest BCUT2D eigenvalue weighted by atomic mass is 10.1. The summed E-state index contributed by atoms with van der Waals surface area (Å²) >= 11 is 0. The first-order valence-corrected chi connectivity index (χ1v) is 5.15. The van der Waals surface area contributed by atoms with E-state index >= 15 is 0 Å². The van der Waals surface area contributed by atoms with Crippen molar-refractivity contribution in [3.8, 4) is 6.07 Å². The Kier molecular flexibility index (Phi) is 1.96. The molecule has 80 valence electrons. The van der Waals surface area contributed by atoms with Gasteiger partial charge in [-0.05, 0) is 16.8 Å². The van der Waals surface area contributed by atoms with Crippen molar-refractivity contribution in [1.82, 2.24) is 0 Å². The average molecular weight is 221 g/mol. The number of nitrogens with zero attached hydrogens (tertiary/aromatic N) is 1. The number of hydrogen-bond donors (Lipinski definition) is 0. The van der Waals surface area contributed by atoms with Crippen LogP contribution in [0.5, 0.6) is 0 Å². The summed E-state index contributed by atoms with van der Waals surface area (Å²) in [7, 11) is 0. The van der Waals surface area contributed by atoms with Gasteiger partial charge < -0.3 is 4.42 Å². The van der Waals surface area contributed by atoms with Gasteiger partial charge in [0.2, 0.25) is 5.76 Å². The molecule has 0 aliphatic carbocycles. The van der Waals surface area contributed by atoms with Crippen molar-refractivity contribution in [3.63, 3.8) is 0 Å². The average Bonchev–Trinajstić information content (AvgIpc) is 2.37. The summed E-state index contributed by atoms with van der Waals surface area (Å²) in [5.41, 5.74) is 0.271. The molecule has 0 N–H and O–H groups in total. The van der Waals surface area contributed by atoms with Crippen molar-refractivity contribution >= 4 is 21.7 Å². The Morgan fingerprint density at radius 2 is 1.94 bits per heavy atom. The molecule has 3 heteroatoms. The first kappa shape index (κ1) is 9.61. The molecule has 0 saturated carbocycles. The van der Waals surface area contributed by atoms with E-state index in [0.717, 1.165) is 10.8 Å². The number of hydrogen-bond acceptors (Lipinski definition) is 3. The lowest BCUT2D eigenvalue weighted by Crippen LogP contribution is -2.01. The van der Waals surface area contributed by atoms with Gasteiger partial charge in [0.15, 0.2) is 5.43 Å². The molecule has 1 heterocycles. The molecule has 0 saturated heterocycles. The van der Waals surface area contributed by atoms with E-state index in [1.165, 1.54) is 6.07 Å². The smallest absolute Gasteiger partial charge is 0.207 e. The molecule has 0 atom stereocenters. The third-order valence-corrected chi connectivity index (χ3v) is 2.73. The van der Waals surface area contributed by atoms with E-state index in [1.54, 1.807) is 6.07 Å². The third-order valence-electron chi connectivity index (χ3n) is 2.73. The minimum absolute atomic E-state index is 0.0396. The Labute approximate surface area is 96.5 Å². The van der Waals surface area contributed by atoms with Gasteiger partial charge in [-0.3, -0.25) is 4.79 Å². The molecule has 0 fully saturated rings. The standard InChI is InChI=1S/C14H7NO2/c15-8-10-7-12(16)14-11-4-2-1-3-9(11)5-6-13(14)17-10/h1-7H. The second-order valence-electron chi connectivity index (χ2n) is 3.75. The predicted molar refractivity (Wildman–Crippen MR) is 64.7 cm³/mol. The van der Waals surface area contributed by atoms with Gasteiger partial charge in [-0.25, -0.2) is 0 Å². The summed E-state index contributed by atoms with van der Waals surface area (Å²) in [6.45, 7) is 0. The molecule has 0 spiro atoms. The van der Waals surface area contributed by atoms with Crippen molar-refractivity contribution in [3.05, 3.63) is 58.4 Å². The molecule has 0 radical (unpaired) electrons. The molecule has 0 aliphatic rings. The summed E-state index contributed by atoms with van der Waals surface area (Å²) in [6, 6.07) is 14.3. The largest absolute Gasteiger partial charge is 0.445 e. The van der Waals surface area contributed by atoms with E-state index in [-0.39, 0.29) is 11.2 Å². The maximum absolute atomic E-state index is 12.0. The maximum atomic E-state index is 12.0. The van der Waals surface area contributed by atoms with Crippen LogP contribution in [0.4, 0.5) is 0 Å². The Bertz CT molecular complexity index is 825. The van der Waals surface area contributed by atoms with Gasteiger partial charge in [0.05, 0.1) is 5.39 Å². The minimum Gasteiger partial charge on any atom is -0.445 e. The Morgan fingerprint density at radius 1 is 1.12 bits per heavy atom. The lowest BCUT2D eigenvalue weighted by molar-refractivity contribution is 0.586. The Hall–Kier alpha value is -2.60. The maximum Gasteiger partial charge on any atom is 0.207 e. The van der Waals surface area contributed by atoms with Gasteiger partial charge in [-0.1, -0.05) is 30.3 Å². The van der Waals surface area contributed by atoms with E-state index in [4.69, 9.17) is 9.68 Å². The minimum atomic E-state index is -0.181. The van der Waals surface area contributed by atoms with Gasteiger partial charge in [-0.2, -0.15) is 5.26 Å². The molecular weight excluding hydrogens is 214 g/mol. The fourth-order valence-corrected chi connectivity index (χ4v) is 1.99. The highest BCUT2D eigenvalue weighted by Crippen LogP contribution is 2.22. The van der Waals surface area contributed by atoms with E-state index in [2.05, 4.69) is 0 Å². The summed E-state index contributed by atoms with van der Waals surface area (Å²) < 4.78 is 5.34.